The number of ether oxygens (including phenoxy) is 1. The van der Waals surface area contributed by atoms with E-state index in [0.29, 0.717) is 38.0 Å². The van der Waals surface area contributed by atoms with E-state index >= 15 is 0 Å². The molecular formula is C17H22N2O5. The van der Waals surface area contributed by atoms with Crippen LogP contribution < -0.4 is 0 Å². The van der Waals surface area contributed by atoms with Crippen molar-refractivity contribution < 1.29 is 24.2 Å². The number of aldehydes is 1. The van der Waals surface area contributed by atoms with Gasteiger partial charge in [0.1, 0.15) is 17.6 Å². The normalized spacial score (nSPS) is 15.1. The largest absolute Gasteiger partial charge is 0.507 e. The quantitative estimate of drug-likeness (QED) is 0.835. The second-order valence-electron chi connectivity index (χ2n) is 6.65. The minimum absolute atomic E-state index is 0.0883. The van der Waals surface area contributed by atoms with Crippen LogP contribution in [0.1, 0.15) is 41.5 Å². The Kier molecular flexibility index (Phi) is 5.11. The van der Waals surface area contributed by atoms with Crippen LogP contribution in [-0.2, 0) is 4.74 Å². The Balaban J connectivity index is 2.01. The minimum atomic E-state index is -0.564. The van der Waals surface area contributed by atoms with Crippen LogP contribution in [0.2, 0.25) is 0 Å². The Bertz CT molecular complexity index is 643. The molecule has 0 unspecified atom stereocenters. The van der Waals surface area contributed by atoms with E-state index in [-0.39, 0.29) is 17.2 Å². The number of phenolic OH excluding ortho intramolecular Hbond substituents is 1. The molecule has 1 aromatic carbocycles. The summed E-state index contributed by atoms with van der Waals surface area (Å²) in [6, 6.07) is 4.14. The lowest BCUT2D eigenvalue weighted by Crippen LogP contribution is -2.51. The number of amides is 2. The molecule has 2 rings (SSSR count). The molecule has 0 bridgehead atoms. The third kappa shape index (κ3) is 4.24. The molecular weight excluding hydrogens is 312 g/mol. The van der Waals surface area contributed by atoms with Crippen molar-refractivity contribution in [3.8, 4) is 5.75 Å². The van der Waals surface area contributed by atoms with Gasteiger partial charge in [0, 0.05) is 31.7 Å². The van der Waals surface area contributed by atoms with Crippen LogP contribution in [0.3, 0.4) is 0 Å². The summed E-state index contributed by atoms with van der Waals surface area (Å²) in [4.78, 5) is 38.5. The second-order valence-corrected chi connectivity index (χ2v) is 6.65. The highest BCUT2D eigenvalue weighted by Crippen LogP contribution is 2.21. The summed E-state index contributed by atoms with van der Waals surface area (Å²) in [5, 5.41) is 9.85. The third-order valence-electron chi connectivity index (χ3n) is 3.61. The third-order valence-corrected chi connectivity index (χ3v) is 3.61. The zero-order valence-corrected chi connectivity index (χ0v) is 14.1. The SMILES string of the molecule is CC(C)(C)OC(=O)N1CCN(C(=O)c2cc(C=O)ccc2O)CC1. The topological polar surface area (TPSA) is 87.2 Å². The molecule has 0 aromatic heterocycles. The fraction of sp³-hybridized carbons (Fsp3) is 0.471. The van der Waals surface area contributed by atoms with Crippen LogP contribution in [-0.4, -0.2) is 65.0 Å². The highest BCUT2D eigenvalue weighted by molar-refractivity contribution is 5.98. The number of carbonyl (C=O) groups excluding carboxylic acids is 3. The molecule has 1 aromatic rings. The van der Waals surface area contributed by atoms with Crippen LogP contribution in [0.5, 0.6) is 5.75 Å². The van der Waals surface area contributed by atoms with Gasteiger partial charge in [-0.1, -0.05) is 0 Å². The van der Waals surface area contributed by atoms with E-state index in [2.05, 4.69) is 0 Å². The highest BCUT2D eigenvalue weighted by Gasteiger charge is 2.28. The van der Waals surface area contributed by atoms with Gasteiger partial charge >= 0.3 is 6.09 Å². The maximum absolute atomic E-state index is 12.5. The molecule has 0 atom stereocenters. The van der Waals surface area contributed by atoms with Crippen LogP contribution >= 0.6 is 0 Å². The molecule has 0 saturated carbocycles. The maximum Gasteiger partial charge on any atom is 0.410 e. The molecule has 1 fully saturated rings. The molecule has 130 valence electrons. The van der Waals surface area contributed by atoms with Crippen molar-refractivity contribution in [2.75, 3.05) is 26.2 Å². The van der Waals surface area contributed by atoms with Crippen LogP contribution in [0.25, 0.3) is 0 Å². The van der Waals surface area contributed by atoms with Gasteiger partial charge < -0.3 is 19.6 Å². The Hall–Kier alpha value is -2.57. The van der Waals surface area contributed by atoms with Crippen molar-refractivity contribution >= 4 is 18.3 Å². The number of phenols is 1. The number of carbonyl (C=O) groups is 3. The van der Waals surface area contributed by atoms with Crippen LogP contribution in [0.4, 0.5) is 4.79 Å². The van der Waals surface area contributed by atoms with Gasteiger partial charge in [-0.15, -0.1) is 0 Å². The average molecular weight is 334 g/mol. The van der Waals surface area contributed by atoms with Gasteiger partial charge in [-0.25, -0.2) is 4.79 Å². The summed E-state index contributed by atoms with van der Waals surface area (Å²) in [6.07, 6.45) is 0.219. The number of nitrogens with zero attached hydrogens (tertiary/aromatic N) is 2. The number of rotatable bonds is 2. The van der Waals surface area contributed by atoms with Gasteiger partial charge in [-0.05, 0) is 39.0 Å². The van der Waals surface area contributed by atoms with Crippen molar-refractivity contribution in [2.24, 2.45) is 0 Å². The first-order valence-electron chi connectivity index (χ1n) is 7.76. The molecule has 1 heterocycles. The fourth-order valence-electron chi connectivity index (χ4n) is 2.39. The van der Waals surface area contributed by atoms with E-state index < -0.39 is 11.7 Å². The summed E-state index contributed by atoms with van der Waals surface area (Å²) >= 11 is 0. The van der Waals surface area contributed by atoms with Gasteiger partial charge in [0.2, 0.25) is 0 Å². The Labute approximate surface area is 140 Å². The fourth-order valence-corrected chi connectivity index (χ4v) is 2.39. The standard InChI is InChI=1S/C17H22N2O5/c1-17(2,3)24-16(23)19-8-6-18(7-9-19)15(22)13-10-12(11-20)4-5-14(13)21/h4-5,10-11,21H,6-9H2,1-3H3. The maximum atomic E-state index is 12.5. The van der Waals surface area contributed by atoms with E-state index in [1.54, 1.807) is 30.6 Å². The monoisotopic (exact) mass is 334 g/mol. The molecule has 1 N–H and O–H groups in total. The smallest absolute Gasteiger partial charge is 0.410 e. The van der Waals surface area contributed by atoms with Gasteiger partial charge in [0.15, 0.2) is 0 Å². The van der Waals surface area contributed by atoms with E-state index in [9.17, 15) is 19.5 Å². The zero-order chi connectivity index (χ0) is 17.9. The number of aromatic hydroxyl groups is 1. The van der Waals surface area contributed by atoms with Crippen molar-refractivity contribution in [1.82, 2.24) is 9.80 Å². The lowest BCUT2D eigenvalue weighted by atomic mass is 10.1. The van der Waals surface area contributed by atoms with E-state index in [1.807, 2.05) is 0 Å². The number of hydrogen-bond acceptors (Lipinski definition) is 5. The molecule has 24 heavy (non-hydrogen) atoms. The van der Waals surface area contributed by atoms with Gasteiger partial charge in [-0.3, -0.25) is 9.59 Å². The number of hydrogen-bond donors (Lipinski definition) is 1. The Morgan fingerprint density at radius 2 is 1.71 bits per heavy atom. The van der Waals surface area contributed by atoms with Crippen molar-refractivity contribution in [3.63, 3.8) is 0 Å². The molecule has 0 aliphatic carbocycles. The van der Waals surface area contributed by atoms with Crippen molar-refractivity contribution in [3.05, 3.63) is 29.3 Å². The molecule has 0 radical (unpaired) electrons. The van der Waals surface area contributed by atoms with E-state index in [4.69, 9.17) is 4.74 Å². The van der Waals surface area contributed by atoms with Crippen molar-refractivity contribution in [2.45, 2.75) is 26.4 Å². The first-order chi connectivity index (χ1) is 11.2. The van der Waals surface area contributed by atoms with Gasteiger partial charge in [0.25, 0.3) is 5.91 Å². The van der Waals surface area contributed by atoms with E-state index in [0.717, 1.165) is 0 Å². The minimum Gasteiger partial charge on any atom is -0.507 e. The lowest BCUT2D eigenvalue weighted by Gasteiger charge is -2.35. The molecule has 0 spiro atoms. The predicted octanol–water partition coefficient (Wildman–Crippen LogP) is 1.90. The first-order valence-corrected chi connectivity index (χ1v) is 7.76. The molecule has 7 nitrogen and oxygen atoms in total. The summed E-state index contributed by atoms with van der Waals surface area (Å²) in [7, 11) is 0. The highest BCUT2D eigenvalue weighted by atomic mass is 16.6. The van der Waals surface area contributed by atoms with Gasteiger partial charge in [0.05, 0.1) is 5.56 Å². The first kappa shape index (κ1) is 17.8. The molecule has 7 heteroatoms. The lowest BCUT2D eigenvalue weighted by molar-refractivity contribution is 0.0140. The van der Waals surface area contributed by atoms with Crippen LogP contribution in [0.15, 0.2) is 18.2 Å². The van der Waals surface area contributed by atoms with E-state index in [1.165, 1.54) is 18.2 Å². The second kappa shape index (κ2) is 6.90. The summed E-state index contributed by atoms with van der Waals surface area (Å²) < 4.78 is 5.31. The Morgan fingerprint density at radius 1 is 1.12 bits per heavy atom. The van der Waals surface area contributed by atoms with Crippen LogP contribution in [0, 0.1) is 0 Å². The molecule has 2 amide bonds. The summed E-state index contributed by atoms with van der Waals surface area (Å²) in [6.45, 7) is 6.78. The predicted molar refractivity (Wildman–Crippen MR) is 87.2 cm³/mol. The molecule has 1 aliphatic rings. The average Bonchev–Trinajstić information content (AvgIpc) is 2.53. The molecule has 1 saturated heterocycles. The van der Waals surface area contributed by atoms with Gasteiger partial charge in [-0.2, -0.15) is 0 Å². The zero-order valence-electron chi connectivity index (χ0n) is 14.1. The molecule has 1 aliphatic heterocycles. The Morgan fingerprint density at radius 3 is 2.25 bits per heavy atom. The number of benzene rings is 1. The van der Waals surface area contributed by atoms with Crippen molar-refractivity contribution in [1.29, 1.82) is 0 Å². The summed E-state index contributed by atoms with van der Waals surface area (Å²) in [5.41, 5.74) is -0.153. The number of piperazine rings is 1. The summed E-state index contributed by atoms with van der Waals surface area (Å²) in [5.74, 6) is -0.528.